The van der Waals surface area contributed by atoms with Crippen molar-refractivity contribution in [2.24, 2.45) is 0 Å². The molecule has 1 aromatic carbocycles. The summed E-state index contributed by atoms with van der Waals surface area (Å²) in [5.74, 6) is -1.64. The number of ether oxygens (including phenoxy) is 2. The van der Waals surface area contributed by atoms with Crippen LogP contribution < -0.4 is 9.64 Å². The van der Waals surface area contributed by atoms with E-state index in [1.54, 1.807) is 31.2 Å². The van der Waals surface area contributed by atoms with Crippen LogP contribution in [0.1, 0.15) is 38.3 Å². The number of hydrogen-bond acceptors (Lipinski definition) is 6. The van der Waals surface area contributed by atoms with Crippen LogP contribution in [0.2, 0.25) is 0 Å². The first-order chi connectivity index (χ1) is 11.1. The SMILES string of the molecule is CCOC(=O)c1[nH]nc2c1C(=O)N(c1ccccc1OC)C2=O. The predicted molar refractivity (Wildman–Crippen MR) is 78.7 cm³/mol. The Morgan fingerprint density at radius 1 is 1.26 bits per heavy atom. The maximum atomic E-state index is 12.6. The lowest BCUT2D eigenvalue weighted by molar-refractivity contribution is 0.0516. The second-order valence-corrected chi connectivity index (χ2v) is 4.66. The van der Waals surface area contributed by atoms with Crippen LogP contribution in [0, 0.1) is 0 Å². The van der Waals surface area contributed by atoms with Crippen molar-refractivity contribution in [3.8, 4) is 5.75 Å². The molecule has 0 aliphatic carbocycles. The minimum absolute atomic E-state index is 0.0839. The molecular weight excluding hydrogens is 302 g/mol. The third kappa shape index (κ3) is 2.15. The number of imide groups is 1. The quantitative estimate of drug-likeness (QED) is 0.676. The fourth-order valence-electron chi connectivity index (χ4n) is 2.40. The van der Waals surface area contributed by atoms with Crippen molar-refractivity contribution in [2.75, 3.05) is 18.6 Å². The summed E-state index contributed by atoms with van der Waals surface area (Å²) in [6, 6.07) is 6.60. The van der Waals surface area contributed by atoms with Crippen LogP contribution in [0.3, 0.4) is 0 Å². The minimum atomic E-state index is -0.732. The van der Waals surface area contributed by atoms with Gasteiger partial charge in [0.25, 0.3) is 11.8 Å². The summed E-state index contributed by atoms with van der Waals surface area (Å²) in [5.41, 5.74) is -0.0290. The van der Waals surface area contributed by atoms with E-state index in [1.165, 1.54) is 7.11 Å². The van der Waals surface area contributed by atoms with E-state index < -0.39 is 17.8 Å². The highest BCUT2D eigenvalue weighted by Crippen LogP contribution is 2.34. The highest BCUT2D eigenvalue weighted by molar-refractivity contribution is 6.35. The van der Waals surface area contributed by atoms with Crippen LogP contribution in [0.4, 0.5) is 5.69 Å². The molecule has 1 aliphatic heterocycles. The maximum absolute atomic E-state index is 12.6. The molecule has 0 unspecified atom stereocenters. The first-order valence-corrected chi connectivity index (χ1v) is 6.87. The number of aromatic nitrogens is 2. The van der Waals surface area contributed by atoms with Gasteiger partial charge in [0.2, 0.25) is 0 Å². The number of esters is 1. The molecule has 0 saturated carbocycles. The van der Waals surface area contributed by atoms with Gasteiger partial charge in [-0.25, -0.2) is 9.69 Å². The van der Waals surface area contributed by atoms with Crippen LogP contribution >= 0.6 is 0 Å². The van der Waals surface area contributed by atoms with Crippen LogP contribution in [0.25, 0.3) is 0 Å². The Bertz CT molecular complexity index is 811. The number of amides is 2. The molecule has 0 saturated heterocycles. The number of aromatic amines is 1. The Morgan fingerprint density at radius 3 is 2.70 bits per heavy atom. The normalized spacial score (nSPS) is 13.2. The smallest absolute Gasteiger partial charge is 0.357 e. The number of nitrogens with zero attached hydrogens (tertiary/aromatic N) is 2. The molecule has 0 atom stereocenters. The molecular formula is C15H13N3O5. The van der Waals surface area contributed by atoms with E-state index in [0.717, 1.165) is 4.90 Å². The minimum Gasteiger partial charge on any atom is -0.495 e. The molecule has 0 bridgehead atoms. The molecule has 23 heavy (non-hydrogen) atoms. The lowest BCUT2D eigenvalue weighted by Gasteiger charge is -2.17. The molecule has 1 aromatic heterocycles. The Hall–Kier alpha value is -3.16. The molecule has 2 aromatic rings. The third-order valence-electron chi connectivity index (χ3n) is 3.39. The number of methoxy groups -OCH3 is 1. The first-order valence-electron chi connectivity index (χ1n) is 6.87. The van der Waals surface area contributed by atoms with Crippen molar-refractivity contribution in [2.45, 2.75) is 6.92 Å². The van der Waals surface area contributed by atoms with Gasteiger partial charge in [-0.1, -0.05) is 12.1 Å². The molecule has 1 N–H and O–H groups in total. The van der Waals surface area contributed by atoms with Crippen molar-refractivity contribution >= 4 is 23.5 Å². The Labute approximate surface area is 131 Å². The summed E-state index contributed by atoms with van der Waals surface area (Å²) < 4.78 is 10.0. The van der Waals surface area contributed by atoms with Crippen molar-refractivity contribution in [3.63, 3.8) is 0 Å². The second-order valence-electron chi connectivity index (χ2n) is 4.66. The van der Waals surface area contributed by atoms with Gasteiger partial charge in [0.15, 0.2) is 11.4 Å². The summed E-state index contributed by atoms with van der Waals surface area (Å²) in [4.78, 5) is 38.0. The fourth-order valence-corrected chi connectivity index (χ4v) is 2.40. The zero-order chi connectivity index (χ0) is 16.6. The summed E-state index contributed by atoms with van der Waals surface area (Å²) in [5, 5.41) is 6.18. The van der Waals surface area contributed by atoms with E-state index in [9.17, 15) is 14.4 Å². The van der Waals surface area contributed by atoms with Crippen molar-refractivity contribution in [1.29, 1.82) is 0 Å². The number of benzene rings is 1. The number of nitrogens with one attached hydrogen (secondary N) is 1. The maximum Gasteiger partial charge on any atom is 0.357 e. The monoisotopic (exact) mass is 315 g/mol. The Balaban J connectivity index is 2.07. The van der Waals surface area contributed by atoms with Gasteiger partial charge in [0.05, 0.1) is 19.4 Å². The zero-order valence-corrected chi connectivity index (χ0v) is 12.5. The lowest BCUT2D eigenvalue weighted by atomic mass is 10.2. The van der Waals surface area contributed by atoms with Gasteiger partial charge >= 0.3 is 5.97 Å². The number of para-hydroxylation sites is 2. The number of fused-ring (bicyclic) bond motifs is 1. The molecule has 2 heterocycles. The van der Waals surface area contributed by atoms with E-state index in [0.29, 0.717) is 5.75 Å². The highest BCUT2D eigenvalue weighted by atomic mass is 16.5. The number of rotatable bonds is 4. The summed E-state index contributed by atoms with van der Waals surface area (Å²) in [6.45, 7) is 1.79. The number of H-pyrrole nitrogens is 1. The molecule has 0 radical (unpaired) electrons. The standard InChI is InChI=1S/C15H13N3O5/c1-3-23-15(21)12-10-11(16-17-12)14(20)18(13(10)19)8-6-4-5-7-9(8)22-2/h4-7H,3H2,1-2H3,(H,16,17). The van der Waals surface area contributed by atoms with Gasteiger partial charge in [-0.2, -0.15) is 5.10 Å². The number of anilines is 1. The average Bonchev–Trinajstić information content (AvgIpc) is 3.09. The highest BCUT2D eigenvalue weighted by Gasteiger charge is 2.44. The van der Waals surface area contributed by atoms with Crippen molar-refractivity contribution in [1.82, 2.24) is 10.2 Å². The molecule has 0 fully saturated rings. The van der Waals surface area contributed by atoms with Gasteiger partial charge in [-0.05, 0) is 19.1 Å². The van der Waals surface area contributed by atoms with E-state index in [-0.39, 0.29) is 29.2 Å². The molecule has 118 valence electrons. The van der Waals surface area contributed by atoms with Gasteiger partial charge in [-0.3, -0.25) is 14.7 Å². The van der Waals surface area contributed by atoms with Gasteiger partial charge < -0.3 is 9.47 Å². The van der Waals surface area contributed by atoms with Crippen LogP contribution in [0.15, 0.2) is 24.3 Å². The first kappa shape index (κ1) is 14.8. The average molecular weight is 315 g/mol. The van der Waals surface area contributed by atoms with E-state index >= 15 is 0 Å². The molecule has 8 nitrogen and oxygen atoms in total. The van der Waals surface area contributed by atoms with Crippen molar-refractivity contribution in [3.05, 3.63) is 41.2 Å². The van der Waals surface area contributed by atoms with E-state index in [4.69, 9.17) is 9.47 Å². The zero-order valence-electron chi connectivity index (χ0n) is 12.5. The predicted octanol–water partition coefficient (Wildman–Crippen LogP) is 1.40. The molecule has 1 aliphatic rings. The molecule has 8 heteroatoms. The Kier molecular flexibility index (Phi) is 3.57. The molecule has 0 spiro atoms. The number of hydrogen-bond donors (Lipinski definition) is 1. The van der Waals surface area contributed by atoms with Crippen LogP contribution in [0.5, 0.6) is 5.75 Å². The summed E-state index contributed by atoms with van der Waals surface area (Å²) >= 11 is 0. The van der Waals surface area contributed by atoms with E-state index in [2.05, 4.69) is 10.2 Å². The third-order valence-corrected chi connectivity index (χ3v) is 3.39. The second kappa shape index (κ2) is 5.56. The molecule has 2 amide bonds. The molecule has 3 rings (SSSR count). The van der Waals surface area contributed by atoms with E-state index in [1.807, 2.05) is 0 Å². The van der Waals surface area contributed by atoms with Gasteiger partial charge in [0, 0.05) is 0 Å². The topological polar surface area (TPSA) is 102 Å². The van der Waals surface area contributed by atoms with Crippen LogP contribution in [-0.2, 0) is 4.74 Å². The number of carbonyl (C=O) groups excluding carboxylic acids is 3. The Morgan fingerprint density at radius 2 is 2.00 bits per heavy atom. The number of carbonyl (C=O) groups is 3. The van der Waals surface area contributed by atoms with Crippen molar-refractivity contribution < 1.29 is 23.9 Å². The van der Waals surface area contributed by atoms with Gasteiger partial charge in [0.1, 0.15) is 11.3 Å². The summed E-state index contributed by atoms with van der Waals surface area (Å²) in [6.07, 6.45) is 0. The van der Waals surface area contributed by atoms with Gasteiger partial charge in [-0.15, -0.1) is 0 Å². The largest absolute Gasteiger partial charge is 0.495 e. The van der Waals surface area contributed by atoms with Crippen LogP contribution in [-0.4, -0.2) is 41.7 Å². The lowest BCUT2D eigenvalue weighted by Crippen LogP contribution is -2.31. The summed E-state index contributed by atoms with van der Waals surface area (Å²) in [7, 11) is 1.44. The fraction of sp³-hybridized carbons (Fsp3) is 0.200.